The van der Waals surface area contributed by atoms with E-state index in [1.807, 2.05) is 0 Å². The lowest BCUT2D eigenvalue weighted by Gasteiger charge is -2.24. The minimum atomic E-state index is -0.759. The molecule has 1 amide bonds. The maximum Gasteiger partial charge on any atom is 0.408 e. The number of hydrogen-bond acceptors (Lipinski definition) is 5. The molecule has 2 unspecified atom stereocenters. The van der Waals surface area contributed by atoms with Crippen LogP contribution in [0.3, 0.4) is 0 Å². The molecular formula is C15H25NO5. The van der Waals surface area contributed by atoms with E-state index in [2.05, 4.69) is 5.32 Å². The molecule has 21 heavy (non-hydrogen) atoms. The Morgan fingerprint density at radius 3 is 2.24 bits per heavy atom. The van der Waals surface area contributed by atoms with Gasteiger partial charge in [0.25, 0.3) is 0 Å². The van der Waals surface area contributed by atoms with Crippen molar-refractivity contribution in [2.45, 2.75) is 53.2 Å². The molecule has 6 heteroatoms. The normalized spacial score (nSPS) is 14.4. The number of ketones is 1. The van der Waals surface area contributed by atoms with Gasteiger partial charge in [-0.15, -0.1) is 0 Å². The standard InChI is InChI=1S/C15H25NO5/c1-7-20-12(18)9-8-10(2)13(11(3)17)16-14(19)21-15(4,5)6/h8-10,13H,7H2,1-6H3,(H,16,19)/b9-8+. The fourth-order valence-corrected chi connectivity index (χ4v) is 1.57. The molecule has 120 valence electrons. The second-order valence-corrected chi connectivity index (χ2v) is 5.70. The van der Waals surface area contributed by atoms with Crippen molar-refractivity contribution in [2.75, 3.05) is 6.61 Å². The fraction of sp³-hybridized carbons (Fsp3) is 0.667. The topological polar surface area (TPSA) is 81.7 Å². The summed E-state index contributed by atoms with van der Waals surface area (Å²) in [6.45, 7) is 10.3. The van der Waals surface area contributed by atoms with E-state index < -0.39 is 23.7 Å². The minimum absolute atomic E-state index is 0.220. The molecule has 0 aliphatic rings. The number of hydrogen-bond donors (Lipinski definition) is 1. The summed E-state index contributed by atoms with van der Waals surface area (Å²) in [5.74, 6) is -1.06. The molecule has 1 N–H and O–H groups in total. The number of ether oxygens (including phenoxy) is 2. The zero-order chi connectivity index (χ0) is 16.6. The lowest BCUT2D eigenvalue weighted by atomic mass is 9.98. The summed E-state index contributed by atoms with van der Waals surface area (Å²) in [4.78, 5) is 34.6. The van der Waals surface area contributed by atoms with Crippen molar-refractivity contribution in [2.24, 2.45) is 5.92 Å². The Hall–Kier alpha value is -1.85. The van der Waals surface area contributed by atoms with E-state index in [0.29, 0.717) is 0 Å². The van der Waals surface area contributed by atoms with E-state index in [1.54, 1.807) is 34.6 Å². The SMILES string of the molecule is CCOC(=O)/C=C/C(C)C(NC(=O)OC(C)(C)C)C(C)=O. The molecule has 0 saturated heterocycles. The number of Topliss-reactive ketones (excluding diaryl/α,β-unsaturated/α-hetero) is 1. The number of alkyl carbamates (subject to hydrolysis) is 1. The summed E-state index contributed by atoms with van der Waals surface area (Å²) in [5.41, 5.74) is -0.643. The Kier molecular flexibility index (Phi) is 7.70. The highest BCUT2D eigenvalue weighted by Crippen LogP contribution is 2.10. The zero-order valence-corrected chi connectivity index (χ0v) is 13.6. The molecule has 0 rings (SSSR count). The van der Waals surface area contributed by atoms with Crippen molar-refractivity contribution >= 4 is 17.8 Å². The van der Waals surface area contributed by atoms with Crippen molar-refractivity contribution in [3.05, 3.63) is 12.2 Å². The molecule has 0 heterocycles. The van der Waals surface area contributed by atoms with E-state index >= 15 is 0 Å². The third-order valence-corrected chi connectivity index (χ3v) is 2.46. The van der Waals surface area contributed by atoms with Crippen LogP contribution in [0.2, 0.25) is 0 Å². The first-order valence-electron chi connectivity index (χ1n) is 6.91. The van der Waals surface area contributed by atoms with Gasteiger partial charge in [0, 0.05) is 12.0 Å². The monoisotopic (exact) mass is 299 g/mol. The van der Waals surface area contributed by atoms with E-state index in [1.165, 1.54) is 19.1 Å². The molecule has 0 aromatic heterocycles. The van der Waals surface area contributed by atoms with Crippen molar-refractivity contribution in [3.8, 4) is 0 Å². The number of amides is 1. The summed E-state index contributed by atoms with van der Waals surface area (Å²) >= 11 is 0. The van der Waals surface area contributed by atoms with Crippen molar-refractivity contribution < 1.29 is 23.9 Å². The van der Waals surface area contributed by atoms with Crippen LogP contribution in [0.1, 0.15) is 41.5 Å². The quantitative estimate of drug-likeness (QED) is 0.601. The van der Waals surface area contributed by atoms with Gasteiger partial charge >= 0.3 is 12.1 Å². The lowest BCUT2D eigenvalue weighted by Crippen LogP contribution is -2.45. The van der Waals surface area contributed by atoms with Crippen molar-refractivity contribution in [1.82, 2.24) is 5.32 Å². The molecule has 0 aromatic rings. The van der Waals surface area contributed by atoms with Crippen LogP contribution >= 0.6 is 0 Å². The molecular weight excluding hydrogens is 274 g/mol. The summed E-state index contributed by atoms with van der Waals surface area (Å²) in [7, 11) is 0. The largest absolute Gasteiger partial charge is 0.463 e. The minimum Gasteiger partial charge on any atom is -0.463 e. The molecule has 2 atom stereocenters. The molecule has 0 aliphatic carbocycles. The van der Waals surface area contributed by atoms with Gasteiger partial charge in [-0.1, -0.05) is 13.0 Å². The Labute approximate surface area is 125 Å². The first-order chi connectivity index (χ1) is 9.56. The lowest BCUT2D eigenvalue weighted by molar-refractivity contribution is -0.137. The van der Waals surface area contributed by atoms with Crippen molar-refractivity contribution in [1.29, 1.82) is 0 Å². The van der Waals surface area contributed by atoms with Gasteiger partial charge in [0.2, 0.25) is 0 Å². The Balaban J connectivity index is 4.72. The van der Waals surface area contributed by atoms with Crippen LogP contribution in [0, 0.1) is 5.92 Å². The summed E-state index contributed by atoms with van der Waals surface area (Å²) in [6.07, 6.45) is 2.11. The van der Waals surface area contributed by atoms with Gasteiger partial charge in [-0.25, -0.2) is 9.59 Å². The van der Waals surface area contributed by atoms with Crippen LogP contribution in [-0.4, -0.2) is 36.1 Å². The predicted molar refractivity (Wildman–Crippen MR) is 78.8 cm³/mol. The van der Waals surface area contributed by atoms with Crippen LogP contribution in [0.25, 0.3) is 0 Å². The van der Waals surface area contributed by atoms with Crippen LogP contribution in [0.5, 0.6) is 0 Å². The number of carbonyl (C=O) groups is 3. The smallest absolute Gasteiger partial charge is 0.408 e. The maximum absolute atomic E-state index is 11.7. The number of rotatable bonds is 6. The second kappa shape index (κ2) is 8.44. The number of nitrogens with one attached hydrogen (secondary N) is 1. The summed E-state index contributed by atoms with van der Waals surface area (Å²) in [5, 5.41) is 2.51. The second-order valence-electron chi connectivity index (χ2n) is 5.70. The molecule has 0 aliphatic heterocycles. The molecule has 0 saturated carbocycles. The summed E-state index contributed by atoms with van der Waals surface area (Å²) < 4.78 is 9.87. The van der Waals surface area contributed by atoms with Gasteiger partial charge in [0.15, 0.2) is 5.78 Å². The van der Waals surface area contributed by atoms with Gasteiger partial charge in [-0.3, -0.25) is 4.79 Å². The van der Waals surface area contributed by atoms with Crippen molar-refractivity contribution in [3.63, 3.8) is 0 Å². The van der Waals surface area contributed by atoms with Gasteiger partial charge in [-0.05, 0) is 34.6 Å². The number of esters is 1. The molecule has 0 fully saturated rings. The Bertz CT molecular complexity index is 409. The van der Waals surface area contributed by atoms with E-state index in [-0.39, 0.29) is 18.3 Å². The molecule has 0 spiro atoms. The van der Waals surface area contributed by atoms with Crippen LogP contribution in [-0.2, 0) is 19.1 Å². The molecule has 0 radical (unpaired) electrons. The van der Waals surface area contributed by atoms with Gasteiger partial charge in [0.1, 0.15) is 5.60 Å². The highest BCUT2D eigenvalue weighted by atomic mass is 16.6. The fourth-order valence-electron chi connectivity index (χ4n) is 1.57. The van der Waals surface area contributed by atoms with Gasteiger partial charge < -0.3 is 14.8 Å². The van der Waals surface area contributed by atoms with Gasteiger partial charge in [0.05, 0.1) is 12.6 Å². The van der Waals surface area contributed by atoms with E-state index in [9.17, 15) is 14.4 Å². The van der Waals surface area contributed by atoms with Gasteiger partial charge in [-0.2, -0.15) is 0 Å². The highest BCUT2D eigenvalue weighted by molar-refractivity contribution is 5.86. The zero-order valence-electron chi connectivity index (χ0n) is 13.6. The average Bonchev–Trinajstić information content (AvgIpc) is 2.31. The Morgan fingerprint density at radius 1 is 1.24 bits per heavy atom. The van der Waals surface area contributed by atoms with Crippen LogP contribution in [0.15, 0.2) is 12.2 Å². The Morgan fingerprint density at radius 2 is 1.81 bits per heavy atom. The molecule has 6 nitrogen and oxygen atoms in total. The summed E-state index contributed by atoms with van der Waals surface area (Å²) in [6, 6.07) is -0.759. The molecule has 0 aromatic carbocycles. The maximum atomic E-state index is 11.7. The van der Waals surface area contributed by atoms with Crippen LogP contribution in [0.4, 0.5) is 4.79 Å². The first kappa shape index (κ1) is 19.1. The first-order valence-corrected chi connectivity index (χ1v) is 6.91. The predicted octanol–water partition coefficient (Wildman–Crippen LogP) is 2.22. The van der Waals surface area contributed by atoms with Crippen LogP contribution < -0.4 is 5.32 Å². The van der Waals surface area contributed by atoms with E-state index in [4.69, 9.17) is 9.47 Å². The highest BCUT2D eigenvalue weighted by Gasteiger charge is 2.25. The third kappa shape index (κ3) is 8.83. The third-order valence-electron chi connectivity index (χ3n) is 2.46. The van der Waals surface area contributed by atoms with E-state index in [0.717, 1.165) is 0 Å². The number of carbonyl (C=O) groups excluding carboxylic acids is 3. The molecule has 0 bridgehead atoms. The average molecular weight is 299 g/mol.